The zero-order chi connectivity index (χ0) is 18.5. The number of hydrogen-bond donors (Lipinski definition) is 2. The fourth-order valence-corrected chi connectivity index (χ4v) is 3.13. The molecule has 1 saturated heterocycles. The summed E-state index contributed by atoms with van der Waals surface area (Å²) in [4.78, 5) is 26.2. The first kappa shape index (κ1) is 18.1. The molecule has 0 unspecified atom stereocenters. The van der Waals surface area contributed by atoms with E-state index in [9.17, 15) is 9.59 Å². The highest BCUT2D eigenvalue weighted by Gasteiger charge is 2.25. The van der Waals surface area contributed by atoms with E-state index in [2.05, 4.69) is 20.9 Å². The third kappa shape index (κ3) is 4.08. The number of likely N-dealkylation sites (N-methyl/N-ethyl adjacent to an activating group) is 1. The van der Waals surface area contributed by atoms with Crippen LogP contribution in [0.25, 0.3) is 0 Å². The summed E-state index contributed by atoms with van der Waals surface area (Å²) in [6.07, 6.45) is 1.93. The molecule has 0 aliphatic carbocycles. The summed E-state index contributed by atoms with van der Waals surface area (Å²) in [5.74, 6) is -0.554. The zero-order valence-electron chi connectivity index (χ0n) is 15.1. The fourth-order valence-electron chi connectivity index (χ4n) is 3.13. The normalized spacial score (nSPS) is 14.8. The number of hydrogen-bond acceptors (Lipinski definition) is 5. The summed E-state index contributed by atoms with van der Waals surface area (Å²) in [6.45, 7) is 3.68. The second-order valence-corrected chi connectivity index (χ2v) is 6.52. The van der Waals surface area contributed by atoms with Crippen molar-refractivity contribution in [3.05, 3.63) is 41.7 Å². The van der Waals surface area contributed by atoms with Crippen LogP contribution in [0.2, 0.25) is 0 Å². The molecule has 3 rings (SSSR count). The molecule has 0 saturated carbocycles. The summed E-state index contributed by atoms with van der Waals surface area (Å²) >= 11 is 0. The molecule has 0 bridgehead atoms. The van der Waals surface area contributed by atoms with E-state index in [0.29, 0.717) is 11.4 Å². The van der Waals surface area contributed by atoms with Crippen molar-refractivity contribution in [2.75, 3.05) is 32.0 Å². The van der Waals surface area contributed by atoms with Crippen molar-refractivity contribution >= 4 is 17.5 Å². The van der Waals surface area contributed by atoms with Gasteiger partial charge in [0.15, 0.2) is 5.69 Å². The lowest BCUT2D eigenvalue weighted by Gasteiger charge is -2.23. The van der Waals surface area contributed by atoms with Gasteiger partial charge in [-0.1, -0.05) is 23.4 Å². The number of nitrogens with zero attached hydrogens (tertiary/aromatic N) is 4. The van der Waals surface area contributed by atoms with Crippen LogP contribution in [-0.2, 0) is 4.79 Å². The highest BCUT2D eigenvalue weighted by molar-refractivity contribution is 5.98. The molecule has 2 heterocycles. The number of carbonyl (C=O) groups excluding carboxylic acids is 2. The van der Waals surface area contributed by atoms with Crippen LogP contribution in [-0.4, -0.2) is 58.4 Å². The van der Waals surface area contributed by atoms with Gasteiger partial charge in [0.2, 0.25) is 5.91 Å². The SMILES string of the molecule is Cc1c(C(=O)N(C)CC(=O)Nc2ccccc2)nnn1C1CCNCC1. The fraction of sp³-hybridized carbons (Fsp3) is 0.444. The first-order valence-electron chi connectivity index (χ1n) is 8.79. The summed E-state index contributed by atoms with van der Waals surface area (Å²) in [5, 5.41) is 14.3. The van der Waals surface area contributed by atoms with Gasteiger partial charge in [-0.2, -0.15) is 0 Å². The second-order valence-electron chi connectivity index (χ2n) is 6.52. The van der Waals surface area contributed by atoms with E-state index in [-0.39, 0.29) is 24.4 Å². The molecule has 0 atom stereocenters. The maximum Gasteiger partial charge on any atom is 0.276 e. The van der Waals surface area contributed by atoms with E-state index in [4.69, 9.17) is 0 Å². The number of aromatic nitrogens is 3. The number of anilines is 1. The lowest BCUT2D eigenvalue weighted by atomic mass is 10.1. The van der Waals surface area contributed by atoms with Gasteiger partial charge in [-0.05, 0) is 45.0 Å². The van der Waals surface area contributed by atoms with Crippen LogP contribution in [0.4, 0.5) is 5.69 Å². The van der Waals surface area contributed by atoms with Gasteiger partial charge in [0.1, 0.15) is 0 Å². The number of para-hydroxylation sites is 1. The van der Waals surface area contributed by atoms with Crippen molar-refractivity contribution < 1.29 is 9.59 Å². The quantitative estimate of drug-likeness (QED) is 0.840. The summed E-state index contributed by atoms with van der Waals surface area (Å²) in [5.41, 5.74) is 1.75. The zero-order valence-corrected chi connectivity index (χ0v) is 15.1. The molecule has 2 N–H and O–H groups in total. The maximum absolute atomic E-state index is 12.7. The molecule has 26 heavy (non-hydrogen) atoms. The molecule has 0 spiro atoms. The van der Waals surface area contributed by atoms with Gasteiger partial charge >= 0.3 is 0 Å². The molecule has 0 radical (unpaired) electrons. The largest absolute Gasteiger partial charge is 0.331 e. The Morgan fingerprint density at radius 3 is 2.65 bits per heavy atom. The average molecular weight is 356 g/mol. The highest BCUT2D eigenvalue weighted by atomic mass is 16.2. The molecule has 1 aliphatic heterocycles. The van der Waals surface area contributed by atoms with Crippen molar-refractivity contribution in [2.24, 2.45) is 0 Å². The monoisotopic (exact) mass is 356 g/mol. The molecule has 1 aromatic carbocycles. The third-order valence-electron chi connectivity index (χ3n) is 4.57. The third-order valence-corrected chi connectivity index (χ3v) is 4.57. The number of amides is 2. The van der Waals surface area contributed by atoms with Crippen LogP contribution in [0, 0.1) is 6.92 Å². The van der Waals surface area contributed by atoms with Crippen molar-refractivity contribution in [1.82, 2.24) is 25.2 Å². The van der Waals surface area contributed by atoms with Gasteiger partial charge in [-0.15, -0.1) is 5.10 Å². The van der Waals surface area contributed by atoms with Gasteiger partial charge in [-0.25, -0.2) is 4.68 Å². The molecule has 1 aromatic heterocycles. The van der Waals surface area contributed by atoms with E-state index in [0.717, 1.165) is 31.6 Å². The standard InChI is InChI=1S/C18H24N6O2/c1-13-17(21-22-24(13)15-8-10-19-11-9-15)18(26)23(2)12-16(25)20-14-6-4-3-5-7-14/h3-7,15,19H,8-12H2,1-2H3,(H,20,25). The summed E-state index contributed by atoms with van der Waals surface area (Å²) in [6, 6.07) is 9.42. The second kappa shape index (κ2) is 8.09. The lowest BCUT2D eigenvalue weighted by Crippen LogP contribution is -2.35. The van der Waals surface area contributed by atoms with Crippen molar-refractivity contribution in [3.63, 3.8) is 0 Å². The van der Waals surface area contributed by atoms with Gasteiger partial charge in [0.05, 0.1) is 18.3 Å². The van der Waals surface area contributed by atoms with Crippen molar-refractivity contribution in [2.45, 2.75) is 25.8 Å². The molecule has 138 valence electrons. The smallest absolute Gasteiger partial charge is 0.276 e. The van der Waals surface area contributed by atoms with E-state index < -0.39 is 0 Å². The minimum atomic E-state index is -0.300. The van der Waals surface area contributed by atoms with Crippen LogP contribution in [0.5, 0.6) is 0 Å². The predicted molar refractivity (Wildman–Crippen MR) is 97.9 cm³/mol. The first-order valence-corrected chi connectivity index (χ1v) is 8.79. The number of carbonyl (C=O) groups is 2. The van der Waals surface area contributed by atoms with E-state index in [1.807, 2.05) is 29.8 Å². The Labute approximate surface area is 152 Å². The topological polar surface area (TPSA) is 92.2 Å². The Kier molecular flexibility index (Phi) is 5.62. The molecule has 2 aromatic rings. The van der Waals surface area contributed by atoms with Gasteiger partial charge < -0.3 is 15.5 Å². The van der Waals surface area contributed by atoms with Crippen LogP contribution in [0.3, 0.4) is 0 Å². The molecule has 2 amide bonds. The predicted octanol–water partition coefficient (Wildman–Crippen LogP) is 1.22. The first-order chi connectivity index (χ1) is 12.6. The average Bonchev–Trinajstić information content (AvgIpc) is 3.04. The molecular formula is C18H24N6O2. The van der Waals surface area contributed by atoms with Crippen LogP contribution < -0.4 is 10.6 Å². The van der Waals surface area contributed by atoms with Gasteiger partial charge in [-0.3, -0.25) is 9.59 Å². The summed E-state index contributed by atoms with van der Waals surface area (Å²) in [7, 11) is 1.59. The van der Waals surface area contributed by atoms with Gasteiger partial charge in [0, 0.05) is 12.7 Å². The molecule has 8 heteroatoms. The van der Waals surface area contributed by atoms with Gasteiger partial charge in [0.25, 0.3) is 5.91 Å². The maximum atomic E-state index is 12.7. The minimum absolute atomic E-state index is 0.0482. The van der Waals surface area contributed by atoms with Crippen LogP contribution in [0.1, 0.15) is 35.1 Å². The summed E-state index contributed by atoms with van der Waals surface area (Å²) < 4.78 is 1.84. The number of piperidine rings is 1. The van der Waals surface area contributed by atoms with Crippen LogP contribution >= 0.6 is 0 Å². The van der Waals surface area contributed by atoms with Crippen LogP contribution in [0.15, 0.2) is 30.3 Å². The molecule has 1 fully saturated rings. The number of benzene rings is 1. The Bertz CT molecular complexity index is 767. The van der Waals surface area contributed by atoms with E-state index in [1.54, 1.807) is 19.2 Å². The van der Waals surface area contributed by atoms with E-state index in [1.165, 1.54) is 4.90 Å². The number of rotatable bonds is 5. The Balaban J connectivity index is 1.63. The Morgan fingerprint density at radius 1 is 1.27 bits per heavy atom. The highest BCUT2D eigenvalue weighted by Crippen LogP contribution is 2.20. The van der Waals surface area contributed by atoms with E-state index >= 15 is 0 Å². The Morgan fingerprint density at radius 2 is 1.96 bits per heavy atom. The van der Waals surface area contributed by atoms with Crippen molar-refractivity contribution in [1.29, 1.82) is 0 Å². The van der Waals surface area contributed by atoms with Crippen molar-refractivity contribution in [3.8, 4) is 0 Å². The molecular weight excluding hydrogens is 332 g/mol. The lowest BCUT2D eigenvalue weighted by molar-refractivity contribution is -0.116. The number of nitrogens with one attached hydrogen (secondary N) is 2. The molecule has 1 aliphatic rings. The Hall–Kier alpha value is -2.74. The molecule has 8 nitrogen and oxygen atoms in total. The minimum Gasteiger partial charge on any atom is -0.331 e.